The Hall–Kier alpha value is -2.78. The Morgan fingerprint density at radius 3 is 2.33 bits per heavy atom. The molecule has 0 aromatic heterocycles. The molecule has 33 heavy (non-hydrogen) atoms. The van der Waals surface area contributed by atoms with Gasteiger partial charge in [-0.2, -0.15) is 0 Å². The number of aliphatic hydroxyl groups is 1. The molecule has 1 atom stereocenters. The van der Waals surface area contributed by atoms with E-state index in [4.69, 9.17) is 0 Å². The SMILES string of the molecule is O=C1CCC(N2C(=O)c3cccc(N4CCC(CN5CCC(O)CC5)CC4)c3C2=O)C(=O)N1. The molecule has 0 saturated carbocycles. The summed E-state index contributed by atoms with van der Waals surface area (Å²) in [6.45, 7) is 4.53. The van der Waals surface area contributed by atoms with Crippen LogP contribution >= 0.6 is 0 Å². The predicted octanol–water partition coefficient (Wildman–Crippen LogP) is 0.761. The average molecular weight is 455 g/mol. The molecule has 9 heteroatoms. The number of imide groups is 2. The Labute approximate surface area is 192 Å². The van der Waals surface area contributed by atoms with Gasteiger partial charge in [-0.05, 0) is 50.2 Å². The number of aliphatic hydroxyl groups excluding tert-OH is 1. The molecule has 3 fully saturated rings. The van der Waals surface area contributed by atoms with Crippen LogP contribution in [0.1, 0.15) is 59.2 Å². The van der Waals surface area contributed by atoms with Gasteiger partial charge in [0.15, 0.2) is 0 Å². The first-order valence-electron chi connectivity index (χ1n) is 11.9. The summed E-state index contributed by atoms with van der Waals surface area (Å²) in [5.41, 5.74) is 1.45. The molecule has 1 aromatic carbocycles. The standard InChI is InChI=1S/C24H30N4O5/c29-16-8-10-26(11-9-16)14-15-6-12-27(13-7-15)18-3-1-2-17-21(18)24(33)28(23(17)32)19-4-5-20(30)25-22(19)31/h1-3,15-16,19,29H,4-14H2,(H,25,30,31). The second-order valence-electron chi connectivity index (χ2n) is 9.61. The molecule has 2 N–H and O–H groups in total. The van der Waals surface area contributed by atoms with Crippen LogP contribution in [0, 0.1) is 5.92 Å². The van der Waals surface area contributed by atoms with Crippen molar-refractivity contribution in [3.63, 3.8) is 0 Å². The quantitative estimate of drug-likeness (QED) is 0.647. The first-order valence-corrected chi connectivity index (χ1v) is 11.9. The summed E-state index contributed by atoms with van der Waals surface area (Å²) in [4.78, 5) is 55.9. The zero-order valence-electron chi connectivity index (χ0n) is 18.7. The number of likely N-dealkylation sites (tertiary alicyclic amines) is 1. The van der Waals surface area contributed by atoms with Crippen molar-refractivity contribution in [2.24, 2.45) is 5.92 Å². The van der Waals surface area contributed by atoms with Gasteiger partial charge in [-0.3, -0.25) is 29.4 Å². The molecule has 0 spiro atoms. The zero-order valence-corrected chi connectivity index (χ0v) is 18.7. The summed E-state index contributed by atoms with van der Waals surface area (Å²) in [6, 6.07) is 4.36. The minimum Gasteiger partial charge on any atom is -0.393 e. The molecule has 0 aliphatic carbocycles. The van der Waals surface area contributed by atoms with E-state index < -0.39 is 23.8 Å². The van der Waals surface area contributed by atoms with Crippen molar-refractivity contribution in [2.75, 3.05) is 37.6 Å². The van der Waals surface area contributed by atoms with Crippen molar-refractivity contribution in [3.8, 4) is 0 Å². The van der Waals surface area contributed by atoms with Crippen LogP contribution in [0.3, 0.4) is 0 Å². The van der Waals surface area contributed by atoms with E-state index in [0.29, 0.717) is 17.0 Å². The van der Waals surface area contributed by atoms with E-state index >= 15 is 0 Å². The number of hydrogen-bond donors (Lipinski definition) is 2. The van der Waals surface area contributed by atoms with Crippen LogP contribution in [-0.4, -0.2) is 83.4 Å². The Balaban J connectivity index is 1.28. The van der Waals surface area contributed by atoms with Gasteiger partial charge in [0.25, 0.3) is 11.8 Å². The van der Waals surface area contributed by atoms with Gasteiger partial charge in [0.05, 0.1) is 22.9 Å². The number of rotatable bonds is 4. The van der Waals surface area contributed by atoms with Gasteiger partial charge in [-0.1, -0.05) is 6.07 Å². The van der Waals surface area contributed by atoms with E-state index in [-0.39, 0.29) is 24.9 Å². The Morgan fingerprint density at radius 1 is 0.909 bits per heavy atom. The molecule has 5 rings (SSSR count). The largest absolute Gasteiger partial charge is 0.393 e. The molecule has 1 aromatic rings. The number of carbonyl (C=O) groups excluding carboxylic acids is 4. The molecule has 3 saturated heterocycles. The number of amides is 4. The molecular formula is C24H30N4O5. The topological polar surface area (TPSA) is 110 Å². The number of nitrogens with one attached hydrogen (secondary N) is 1. The minimum absolute atomic E-state index is 0.111. The van der Waals surface area contributed by atoms with Gasteiger partial charge >= 0.3 is 0 Å². The number of nitrogens with zero attached hydrogens (tertiary/aromatic N) is 3. The summed E-state index contributed by atoms with van der Waals surface area (Å²) in [7, 11) is 0. The zero-order chi connectivity index (χ0) is 23.1. The van der Waals surface area contributed by atoms with E-state index in [0.717, 1.165) is 69.0 Å². The summed E-state index contributed by atoms with van der Waals surface area (Å²) >= 11 is 0. The van der Waals surface area contributed by atoms with E-state index in [9.17, 15) is 24.3 Å². The van der Waals surface area contributed by atoms with Crippen LogP contribution in [0.15, 0.2) is 18.2 Å². The van der Waals surface area contributed by atoms with E-state index in [1.807, 2.05) is 6.07 Å². The monoisotopic (exact) mass is 454 g/mol. The maximum Gasteiger partial charge on any atom is 0.264 e. The highest BCUT2D eigenvalue weighted by atomic mass is 16.3. The lowest BCUT2D eigenvalue weighted by atomic mass is 9.94. The molecule has 4 heterocycles. The highest BCUT2D eigenvalue weighted by molar-refractivity contribution is 6.25. The van der Waals surface area contributed by atoms with Crippen LogP contribution < -0.4 is 10.2 Å². The predicted molar refractivity (Wildman–Crippen MR) is 120 cm³/mol. The molecule has 0 radical (unpaired) electrons. The fraction of sp³-hybridized carbons (Fsp3) is 0.583. The van der Waals surface area contributed by atoms with Gasteiger partial charge in [0.1, 0.15) is 6.04 Å². The van der Waals surface area contributed by atoms with E-state index in [1.165, 1.54) is 0 Å². The maximum absolute atomic E-state index is 13.3. The molecular weight excluding hydrogens is 424 g/mol. The number of anilines is 1. The minimum atomic E-state index is -0.947. The third-order valence-corrected chi connectivity index (χ3v) is 7.47. The van der Waals surface area contributed by atoms with E-state index in [2.05, 4.69) is 15.1 Å². The number of fused-ring (bicyclic) bond motifs is 1. The van der Waals surface area contributed by atoms with Crippen molar-refractivity contribution >= 4 is 29.3 Å². The lowest BCUT2D eigenvalue weighted by Gasteiger charge is -2.38. The van der Waals surface area contributed by atoms with Crippen LogP contribution in [0.4, 0.5) is 5.69 Å². The molecule has 4 aliphatic rings. The van der Waals surface area contributed by atoms with Crippen molar-refractivity contribution in [1.82, 2.24) is 15.1 Å². The summed E-state index contributed by atoms with van der Waals surface area (Å²) < 4.78 is 0. The second kappa shape index (κ2) is 8.87. The average Bonchev–Trinajstić information content (AvgIpc) is 3.06. The third-order valence-electron chi connectivity index (χ3n) is 7.47. The van der Waals surface area contributed by atoms with Crippen LogP contribution in [0.25, 0.3) is 0 Å². The number of benzene rings is 1. The molecule has 0 bridgehead atoms. The summed E-state index contributed by atoms with van der Waals surface area (Å²) in [5.74, 6) is -1.31. The normalized spacial score (nSPS) is 25.5. The van der Waals surface area contributed by atoms with E-state index in [1.54, 1.807) is 12.1 Å². The molecule has 9 nitrogen and oxygen atoms in total. The van der Waals surface area contributed by atoms with Gasteiger partial charge in [-0.25, -0.2) is 0 Å². The first kappa shape index (κ1) is 22.0. The maximum atomic E-state index is 13.3. The first-order chi connectivity index (χ1) is 15.9. The number of hydrogen-bond acceptors (Lipinski definition) is 7. The van der Waals surface area contributed by atoms with Crippen LogP contribution in [0.5, 0.6) is 0 Å². The summed E-state index contributed by atoms with van der Waals surface area (Å²) in [5, 5.41) is 12.0. The van der Waals surface area contributed by atoms with Gasteiger partial charge in [0, 0.05) is 39.1 Å². The highest BCUT2D eigenvalue weighted by Crippen LogP contribution is 2.36. The van der Waals surface area contributed by atoms with Crippen LogP contribution in [0.2, 0.25) is 0 Å². The number of piperidine rings is 3. The molecule has 4 aliphatic heterocycles. The Morgan fingerprint density at radius 2 is 1.64 bits per heavy atom. The Bertz CT molecular complexity index is 979. The van der Waals surface area contributed by atoms with Crippen molar-refractivity contribution in [3.05, 3.63) is 29.3 Å². The van der Waals surface area contributed by atoms with Gasteiger partial charge < -0.3 is 14.9 Å². The van der Waals surface area contributed by atoms with Gasteiger partial charge in [-0.15, -0.1) is 0 Å². The lowest BCUT2D eigenvalue weighted by molar-refractivity contribution is -0.136. The van der Waals surface area contributed by atoms with Crippen LogP contribution in [-0.2, 0) is 9.59 Å². The lowest BCUT2D eigenvalue weighted by Crippen LogP contribution is -2.54. The smallest absolute Gasteiger partial charge is 0.264 e. The fourth-order valence-electron chi connectivity index (χ4n) is 5.58. The second-order valence-corrected chi connectivity index (χ2v) is 9.61. The summed E-state index contributed by atoms with van der Waals surface area (Å²) in [6.07, 6.45) is 3.79. The third kappa shape index (κ3) is 4.15. The van der Waals surface area contributed by atoms with Crippen molar-refractivity contribution in [1.29, 1.82) is 0 Å². The fourth-order valence-corrected chi connectivity index (χ4v) is 5.58. The Kier molecular flexibility index (Phi) is 5.92. The molecule has 176 valence electrons. The van der Waals surface area contributed by atoms with Crippen molar-refractivity contribution < 1.29 is 24.3 Å². The van der Waals surface area contributed by atoms with Crippen molar-refractivity contribution in [2.45, 2.75) is 50.7 Å². The molecule has 4 amide bonds. The molecule has 1 unspecified atom stereocenters. The van der Waals surface area contributed by atoms with Gasteiger partial charge in [0.2, 0.25) is 11.8 Å². The highest BCUT2D eigenvalue weighted by Gasteiger charge is 2.46. The number of carbonyl (C=O) groups is 4.